The van der Waals surface area contributed by atoms with Crippen molar-refractivity contribution in [1.82, 2.24) is 0 Å². The fourth-order valence-corrected chi connectivity index (χ4v) is 5.13. The van der Waals surface area contributed by atoms with Crippen molar-refractivity contribution in [3.8, 4) is 17.2 Å². The summed E-state index contributed by atoms with van der Waals surface area (Å²) in [6, 6.07) is 7.18. The predicted octanol–water partition coefficient (Wildman–Crippen LogP) is 5.18. The van der Waals surface area contributed by atoms with Crippen LogP contribution in [0.2, 0.25) is 0 Å². The first-order valence-corrected chi connectivity index (χ1v) is 12.5. The van der Waals surface area contributed by atoms with Gasteiger partial charge in [-0.3, -0.25) is 14.4 Å². The molecule has 0 spiro atoms. The summed E-state index contributed by atoms with van der Waals surface area (Å²) < 4.78 is 11.2. The molecule has 0 radical (unpaired) electrons. The number of hydrogen-bond donors (Lipinski definition) is 2. The molecule has 0 aromatic heterocycles. The number of amides is 1. The molecule has 1 atom stereocenters. The number of carbonyl (C=O) groups is 3. The van der Waals surface area contributed by atoms with E-state index in [0.717, 1.165) is 60.1 Å². The number of phenolic OH excluding ortho intramolecular Hbond substituents is 1. The number of hydrogen-bond acceptors (Lipinski definition) is 6. The van der Waals surface area contributed by atoms with Crippen LogP contribution in [0.5, 0.6) is 17.2 Å². The van der Waals surface area contributed by atoms with Gasteiger partial charge in [-0.1, -0.05) is 0 Å². The highest BCUT2D eigenvalue weighted by molar-refractivity contribution is 6.02. The SMILES string of the molecule is CCOC(=O)CC(=O)Nc1cc(C)c(Oc2ccc(O)c(CCC3CCC(=O)C3)c2)c2c1CCC2. The number of phenols is 1. The molecule has 2 aromatic rings. The number of ether oxygens (including phenoxy) is 2. The number of Topliss-reactive ketones (excluding diaryl/α,β-unsaturated/α-hetero) is 1. The molecule has 0 aliphatic heterocycles. The molecule has 35 heavy (non-hydrogen) atoms. The van der Waals surface area contributed by atoms with Crippen molar-refractivity contribution in [1.29, 1.82) is 0 Å². The molecule has 186 valence electrons. The van der Waals surface area contributed by atoms with Crippen LogP contribution in [0.4, 0.5) is 5.69 Å². The lowest BCUT2D eigenvalue weighted by atomic mass is 9.97. The minimum atomic E-state index is -0.541. The van der Waals surface area contributed by atoms with Crippen molar-refractivity contribution in [3.05, 3.63) is 46.5 Å². The van der Waals surface area contributed by atoms with Gasteiger partial charge in [0.1, 0.15) is 29.5 Å². The lowest BCUT2D eigenvalue weighted by Crippen LogP contribution is -2.19. The standard InChI is InChI=1S/C28H33NO6/c1-3-34-27(33)16-26(32)29-24-13-17(2)28(23-6-4-5-22(23)24)35-21-11-12-25(31)19(15-21)9-7-18-8-10-20(30)14-18/h11-13,15,18,31H,3-10,14,16H2,1-2H3,(H,29,32). The Labute approximate surface area is 205 Å². The van der Waals surface area contributed by atoms with Gasteiger partial charge in [0.15, 0.2) is 0 Å². The molecule has 2 N–H and O–H groups in total. The number of ketones is 1. The third-order valence-corrected chi connectivity index (χ3v) is 6.86. The van der Waals surface area contributed by atoms with Crippen LogP contribution in [0.1, 0.15) is 67.7 Å². The molecule has 4 rings (SSSR count). The van der Waals surface area contributed by atoms with Gasteiger partial charge in [0.05, 0.1) is 6.61 Å². The lowest BCUT2D eigenvalue weighted by Gasteiger charge is -2.18. The van der Waals surface area contributed by atoms with Crippen molar-refractivity contribution in [2.45, 2.75) is 71.6 Å². The van der Waals surface area contributed by atoms with E-state index >= 15 is 0 Å². The van der Waals surface area contributed by atoms with E-state index in [1.54, 1.807) is 19.1 Å². The smallest absolute Gasteiger partial charge is 0.315 e. The molecular weight excluding hydrogens is 446 g/mol. The van der Waals surface area contributed by atoms with Crippen LogP contribution in [0.25, 0.3) is 0 Å². The van der Waals surface area contributed by atoms with Gasteiger partial charge in [0.2, 0.25) is 5.91 Å². The van der Waals surface area contributed by atoms with Gasteiger partial charge in [-0.25, -0.2) is 0 Å². The number of nitrogens with one attached hydrogen (secondary N) is 1. The zero-order chi connectivity index (χ0) is 24.9. The summed E-state index contributed by atoms with van der Waals surface area (Å²) >= 11 is 0. The molecule has 0 saturated heterocycles. The number of esters is 1. The van der Waals surface area contributed by atoms with E-state index in [2.05, 4.69) is 5.32 Å². The van der Waals surface area contributed by atoms with E-state index in [-0.39, 0.29) is 18.8 Å². The normalized spacial score (nSPS) is 16.7. The van der Waals surface area contributed by atoms with E-state index in [1.807, 2.05) is 19.1 Å². The summed E-state index contributed by atoms with van der Waals surface area (Å²) in [5.41, 5.74) is 4.52. The molecule has 7 heteroatoms. The molecule has 0 bridgehead atoms. The maximum Gasteiger partial charge on any atom is 0.315 e. The van der Waals surface area contributed by atoms with Gasteiger partial charge in [-0.05, 0) is 99.2 Å². The average molecular weight is 480 g/mol. The van der Waals surface area contributed by atoms with Gasteiger partial charge >= 0.3 is 5.97 Å². The van der Waals surface area contributed by atoms with Crippen LogP contribution < -0.4 is 10.1 Å². The number of fused-ring (bicyclic) bond motifs is 1. The van der Waals surface area contributed by atoms with E-state index in [0.29, 0.717) is 42.4 Å². The Kier molecular flexibility index (Phi) is 7.73. The van der Waals surface area contributed by atoms with Gasteiger partial charge in [-0.15, -0.1) is 0 Å². The van der Waals surface area contributed by atoms with Crippen molar-refractivity contribution in [2.24, 2.45) is 5.92 Å². The Morgan fingerprint density at radius 3 is 2.69 bits per heavy atom. The Morgan fingerprint density at radius 2 is 1.94 bits per heavy atom. The summed E-state index contributed by atoms with van der Waals surface area (Å²) in [7, 11) is 0. The molecule has 1 unspecified atom stereocenters. The molecule has 1 fully saturated rings. The van der Waals surface area contributed by atoms with E-state index in [1.165, 1.54) is 0 Å². The lowest BCUT2D eigenvalue weighted by molar-refractivity contribution is -0.145. The zero-order valence-corrected chi connectivity index (χ0v) is 20.4. The second-order valence-electron chi connectivity index (χ2n) is 9.49. The third kappa shape index (κ3) is 6.02. The van der Waals surface area contributed by atoms with Gasteiger partial charge in [0.25, 0.3) is 0 Å². The topological polar surface area (TPSA) is 102 Å². The highest BCUT2D eigenvalue weighted by Crippen LogP contribution is 2.41. The highest BCUT2D eigenvalue weighted by Gasteiger charge is 2.25. The molecule has 2 aromatic carbocycles. The predicted molar refractivity (Wildman–Crippen MR) is 132 cm³/mol. The van der Waals surface area contributed by atoms with Gasteiger partial charge in [-0.2, -0.15) is 0 Å². The van der Waals surface area contributed by atoms with Gasteiger partial charge < -0.3 is 19.9 Å². The Hall–Kier alpha value is -3.35. The molecular formula is C28H33NO6. The number of rotatable bonds is 9. The Morgan fingerprint density at radius 1 is 1.14 bits per heavy atom. The number of benzene rings is 2. The van der Waals surface area contributed by atoms with E-state index in [4.69, 9.17) is 9.47 Å². The second-order valence-corrected chi connectivity index (χ2v) is 9.49. The summed E-state index contributed by atoms with van der Waals surface area (Å²) in [6.07, 6.45) is 6.12. The van der Waals surface area contributed by atoms with Crippen LogP contribution in [0, 0.1) is 12.8 Å². The highest BCUT2D eigenvalue weighted by atomic mass is 16.5. The third-order valence-electron chi connectivity index (χ3n) is 6.86. The van der Waals surface area contributed by atoms with Crippen molar-refractivity contribution >= 4 is 23.3 Å². The minimum Gasteiger partial charge on any atom is -0.508 e. The second kappa shape index (κ2) is 10.9. The van der Waals surface area contributed by atoms with Crippen molar-refractivity contribution < 1.29 is 29.0 Å². The summed E-state index contributed by atoms with van der Waals surface area (Å²) in [4.78, 5) is 35.6. The van der Waals surface area contributed by atoms with Crippen LogP contribution in [-0.4, -0.2) is 29.4 Å². The number of aromatic hydroxyl groups is 1. The maximum atomic E-state index is 12.3. The van der Waals surface area contributed by atoms with E-state index in [9.17, 15) is 19.5 Å². The maximum absolute atomic E-state index is 12.3. The fraction of sp³-hybridized carbons (Fsp3) is 0.464. The molecule has 0 heterocycles. The van der Waals surface area contributed by atoms with Crippen LogP contribution >= 0.6 is 0 Å². The van der Waals surface area contributed by atoms with Crippen molar-refractivity contribution in [2.75, 3.05) is 11.9 Å². The summed E-state index contributed by atoms with van der Waals surface area (Å²) in [5, 5.41) is 13.2. The fourth-order valence-electron chi connectivity index (χ4n) is 5.13. The number of anilines is 1. The quantitative estimate of drug-likeness (QED) is 0.380. The van der Waals surface area contributed by atoms with E-state index < -0.39 is 11.9 Å². The Bertz CT molecular complexity index is 1140. The first-order valence-electron chi connectivity index (χ1n) is 12.5. The molecule has 1 amide bonds. The molecule has 1 saturated carbocycles. The minimum absolute atomic E-state index is 0.239. The molecule has 2 aliphatic rings. The van der Waals surface area contributed by atoms with Crippen LogP contribution in [0.3, 0.4) is 0 Å². The van der Waals surface area contributed by atoms with Gasteiger partial charge in [0, 0.05) is 24.1 Å². The largest absolute Gasteiger partial charge is 0.508 e. The number of aryl methyl sites for hydroxylation is 2. The zero-order valence-electron chi connectivity index (χ0n) is 20.4. The number of carbonyl (C=O) groups excluding carboxylic acids is 3. The summed E-state index contributed by atoms with van der Waals surface area (Å²) in [6.45, 7) is 3.89. The van der Waals surface area contributed by atoms with Crippen LogP contribution in [-0.2, 0) is 38.4 Å². The Balaban J connectivity index is 1.50. The molecule has 2 aliphatic carbocycles. The monoisotopic (exact) mass is 479 g/mol. The first kappa shape index (κ1) is 24.8. The van der Waals surface area contributed by atoms with Crippen molar-refractivity contribution in [3.63, 3.8) is 0 Å². The first-order chi connectivity index (χ1) is 16.8. The molecule has 7 nitrogen and oxygen atoms in total. The van der Waals surface area contributed by atoms with Crippen LogP contribution in [0.15, 0.2) is 24.3 Å². The summed E-state index contributed by atoms with van der Waals surface area (Å²) in [5.74, 6) is 1.46. The average Bonchev–Trinajstić information content (AvgIpc) is 3.46.